The third-order valence-corrected chi connectivity index (χ3v) is 6.40. The summed E-state index contributed by atoms with van der Waals surface area (Å²) in [6.45, 7) is 1.85. The van der Waals surface area contributed by atoms with E-state index in [4.69, 9.17) is 0 Å². The van der Waals surface area contributed by atoms with Gasteiger partial charge in [-0.25, -0.2) is 9.18 Å². The van der Waals surface area contributed by atoms with Gasteiger partial charge >= 0.3 is 6.03 Å². The summed E-state index contributed by atoms with van der Waals surface area (Å²) < 4.78 is 14.0. The summed E-state index contributed by atoms with van der Waals surface area (Å²) in [5, 5.41) is 2.87. The topological polar surface area (TPSA) is 69.7 Å². The van der Waals surface area contributed by atoms with Crippen LogP contribution in [-0.2, 0) is 16.1 Å². The minimum absolute atomic E-state index is 0.0513. The third kappa shape index (κ3) is 3.27. The molecule has 0 aromatic heterocycles. The molecule has 0 unspecified atom stereocenters. The number of imide groups is 1. The maximum atomic E-state index is 14.0. The van der Waals surface area contributed by atoms with E-state index in [1.165, 1.54) is 6.07 Å². The number of urea groups is 1. The largest absolute Gasteiger partial charge is 0.334 e. The van der Waals surface area contributed by atoms with E-state index >= 15 is 0 Å². The Labute approximate surface area is 164 Å². The second-order valence-electron chi connectivity index (χ2n) is 8.28. The molecule has 2 saturated carbocycles. The van der Waals surface area contributed by atoms with Gasteiger partial charge in [0, 0.05) is 18.2 Å². The highest BCUT2D eigenvalue weighted by molar-refractivity contribution is 6.09. The SMILES string of the molecule is C[C@H]1CCCC[C@]12NC(=O)N(CC(=O)N(Cc1ccccc1F)C1CC1)C2=O. The highest BCUT2D eigenvalue weighted by Gasteiger charge is 2.55. The first-order valence-corrected chi connectivity index (χ1v) is 10.1. The fourth-order valence-corrected chi connectivity index (χ4v) is 4.48. The molecule has 4 amide bonds. The molecule has 2 atom stereocenters. The molecule has 4 rings (SSSR count). The summed E-state index contributed by atoms with van der Waals surface area (Å²) in [5.41, 5.74) is -0.428. The van der Waals surface area contributed by atoms with Crippen molar-refractivity contribution in [1.29, 1.82) is 0 Å². The van der Waals surface area contributed by atoms with Crippen LogP contribution < -0.4 is 5.32 Å². The van der Waals surface area contributed by atoms with Crippen LogP contribution in [0, 0.1) is 11.7 Å². The number of hydrogen-bond acceptors (Lipinski definition) is 3. The summed E-state index contributed by atoms with van der Waals surface area (Å²) in [4.78, 5) is 41.2. The van der Waals surface area contributed by atoms with Gasteiger partial charge in [-0.2, -0.15) is 0 Å². The Bertz CT molecular complexity index is 810. The molecular weight excluding hydrogens is 361 g/mol. The molecule has 0 bridgehead atoms. The third-order valence-electron chi connectivity index (χ3n) is 6.40. The molecule has 1 N–H and O–H groups in total. The lowest BCUT2D eigenvalue weighted by molar-refractivity contribution is -0.141. The van der Waals surface area contributed by atoms with Crippen LogP contribution in [0.15, 0.2) is 24.3 Å². The fourth-order valence-electron chi connectivity index (χ4n) is 4.48. The predicted octanol–water partition coefficient (Wildman–Crippen LogP) is 2.82. The molecule has 2 aliphatic carbocycles. The van der Waals surface area contributed by atoms with Crippen LogP contribution in [-0.4, -0.2) is 45.8 Å². The van der Waals surface area contributed by atoms with Crippen molar-refractivity contribution in [1.82, 2.24) is 15.1 Å². The Balaban J connectivity index is 1.49. The number of amides is 4. The number of carbonyl (C=O) groups is 3. The first-order chi connectivity index (χ1) is 13.4. The quantitative estimate of drug-likeness (QED) is 0.790. The van der Waals surface area contributed by atoms with Crippen molar-refractivity contribution in [3.8, 4) is 0 Å². The highest BCUT2D eigenvalue weighted by Crippen LogP contribution is 2.38. The molecule has 0 radical (unpaired) electrons. The first kappa shape index (κ1) is 18.9. The molecule has 1 spiro atoms. The number of halogens is 1. The van der Waals surface area contributed by atoms with E-state index in [9.17, 15) is 18.8 Å². The van der Waals surface area contributed by atoms with Gasteiger partial charge in [-0.15, -0.1) is 0 Å². The average molecular weight is 387 g/mol. The zero-order valence-corrected chi connectivity index (χ0v) is 16.1. The van der Waals surface area contributed by atoms with Crippen molar-refractivity contribution in [2.24, 2.45) is 5.92 Å². The number of hydrogen-bond donors (Lipinski definition) is 1. The number of benzene rings is 1. The summed E-state index contributed by atoms with van der Waals surface area (Å²) >= 11 is 0. The van der Waals surface area contributed by atoms with Gasteiger partial charge in [0.15, 0.2) is 0 Å². The Morgan fingerprint density at radius 2 is 2.00 bits per heavy atom. The maximum Gasteiger partial charge on any atom is 0.325 e. The zero-order chi connectivity index (χ0) is 19.9. The van der Waals surface area contributed by atoms with Crippen LogP contribution in [0.25, 0.3) is 0 Å². The van der Waals surface area contributed by atoms with Gasteiger partial charge in [-0.1, -0.05) is 38.0 Å². The van der Waals surface area contributed by atoms with Crippen LogP contribution in [0.2, 0.25) is 0 Å². The van der Waals surface area contributed by atoms with Gasteiger partial charge in [0.1, 0.15) is 17.9 Å². The molecule has 1 saturated heterocycles. The number of rotatable bonds is 5. The average Bonchev–Trinajstić information content (AvgIpc) is 3.48. The normalized spacial score (nSPS) is 27.2. The monoisotopic (exact) mass is 387 g/mol. The van der Waals surface area contributed by atoms with E-state index in [2.05, 4.69) is 5.32 Å². The van der Waals surface area contributed by atoms with Crippen molar-refractivity contribution in [2.75, 3.05) is 6.54 Å². The Kier molecular flexibility index (Phi) is 4.85. The van der Waals surface area contributed by atoms with Crippen molar-refractivity contribution < 1.29 is 18.8 Å². The lowest BCUT2D eigenvalue weighted by Crippen LogP contribution is -2.54. The number of carbonyl (C=O) groups excluding carboxylic acids is 3. The Hall–Kier alpha value is -2.44. The molecular formula is C21H26FN3O3. The van der Waals surface area contributed by atoms with E-state index < -0.39 is 11.6 Å². The molecule has 7 heteroatoms. The number of nitrogens with one attached hydrogen (secondary N) is 1. The van der Waals surface area contributed by atoms with Crippen molar-refractivity contribution in [3.05, 3.63) is 35.6 Å². The maximum absolute atomic E-state index is 14.0. The zero-order valence-electron chi connectivity index (χ0n) is 16.1. The van der Waals surface area contributed by atoms with E-state index in [-0.39, 0.29) is 42.7 Å². The van der Waals surface area contributed by atoms with Gasteiger partial charge in [-0.3, -0.25) is 14.5 Å². The minimum atomic E-state index is -0.869. The summed E-state index contributed by atoms with van der Waals surface area (Å²) in [6, 6.07) is 5.94. The first-order valence-electron chi connectivity index (χ1n) is 10.1. The Morgan fingerprint density at radius 3 is 2.68 bits per heavy atom. The van der Waals surface area contributed by atoms with Gasteiger partial charge in [0.05, 0.1) is 0 Å². The summed E-state index contributed by atoms with van der Waals surface area (Å²) in [7, 11) is 0. The highest BCUT2D eigenvalue weighted by atomic mass is 19.1. The summed E-state index contributed by atoms with van der Waals surface area (Å²) in [5.74, 6) is -0.906. The van der Waals surface area contributed by atoms with Crippen molar-refractivity contribution >= 4 is 17.8 Å². The molecule has 28 heavy (non-hydrogen) atoms. The molecule has 3 aliphatic rings. The standard InChI is InChI=1S/C21H26FN3O3/c1-14-6-4-5-11-21(14)19(27)25(20(28)23-21)13-18(26)24(16-9-10-16)12-15-7-2-3-8-17(15)22/h2-3,7-8,14,16H,4-6,9-13H2,1H3,(H,23,28)/t14-,21-/m0/s1. The molecule has 150 valence electrons. The molecule has 3 fully saturated rings. The smallest absolute Gasteiger partial charge is 0.325 e. The van der Waals surface area contributed by atoms with Gasteiger partial charge in [-0.05, 0) is 37.7 Å². The van der Waals surface area contributed by atoms with E-state index in [1.807, 2.05) is 6.92 Å². The summed E-state index contributed by atoms with van der Waals surface area (Å²) in [6.07, 6.45) is 5.16. The van der Waals surface area contributed by atoms with E-state index in [1.54, 1.807) is 23.1 Å². The second-order valence-corrected chi connectivity index (χ2v) is 8.28. The van der Waals surface area contributed by atoms with Crippen LogP contribution in [0.5, 0.6) is 0 Å². The van der Waals surface area contributed by atoms with Crippen LogP contribution in [0.3, 0.4) is 0 Å². The van der Waals surface area contributed by atoms with Crippen molar-refractivity contribution in [2.45, 2.75) is 63.6 Å². The Morgan fingerprint density at radius 1 is 1.25 bits per heavy atom. The molecule has 6 nitrogen and oxygen atoms in total. The number of nitrogens with zero attached hydrogens (tertiary/aromatic N) is 2. The fraction of sp³-hybridized carbons (Fsp3) is 0.571. The molecule has 1 aliphatic heterocycles. The van der Waals surface area contributed by atoms with Crippen LogP contribution >= 0.6 is 0 Å². The van der Waals surface area contributed by atoms with Gasteiger partial charge in [0.25, 0.3) is 5.91 Å². The predicted molar refractivity (Wildman–Crippen MR) is 101 cm³/mol. The minimum Gasteiger partial charge on any atom is -0.334 e. The van der Waals surface area contributed by atoms with Crippen molar-refractivity contribution in [3.63, 3.8) is 0 Å². The van der Waals surface area contributed by atoms with E-state index in [0.717, 1.165) is 37.0 Å². The van der Waals surface area contributed by atoms with Crippen LogP contribution in [0.4, 0.5) is 9.18 Å². The van der Waals surface area contributed by atoms with Crippen LogP contribution in [0.1, 0.15) is 51.0 Å². The van der Waals surface area contributed by atoms with E-state index in [0.29, 0.717) is 12.0 Å². The second kappa shape index (κ2) is 7.18. The molecule has 1 aromatic rings. The van der Waals surface area contributed by atoms with Gasteiger partial charge in [0.2, 0.25) is 5.91 Å². The molecule has 1 heterocycles. The lowest BCUT2D eigenvalue weighted by Gasteiger charge is -2.36. The molecule has 1 aromatic carbocycles. The lowest BCUT2D eigenvalue weighted by atomic mass is 9.73. The van der Waals surface area contributed by atoms with Gasteiger partial charge < -0.3 is 10.2 Å².